The van der Waals surface area contributed by atoms with Crippen LogP contribution in [-0.2, 0) is 6.54 Å². The van der Waals surface area contributed by atoms with Gasteiger partial charge in [0, 0.05) is 36.9 Å². The Balaban J connectivity index is 2.12. The molecule has 0 radical (unpaired) electrons. The zero-order valence-corrected chi connectivity index (χ0v) is 9.89. The number of aromatic nitrogens is 1. The summed E-state index contributed by atoms with van der Waals surface area (Å²) < 4.78 is 0. The highest BCUT2D eigenvalue weighted by molar-refractivity contribution is 5.92. The summed E-state index contributed by atoms with van der Waals surface area (Å²) in [5.41, 5.74) is 9.17. The van der Waals surface area contributed by atoms with E-state index in [0.717, 1.165) is 24.2 Å². The van der Waals surface area contributed by atoms with Crippen LogP contribution in [0.15, 0.2) is 30.5 Å². The SMILES string of the molecule is NCc1ccc2c(N3CCCC3)ccnc2c1. The second-order valence-electron chi connectivity index (χ2n) is 4.58. The van der Waals surface area contributed by atoms with Gasteiger partial charge >= 0.3 is 0 Å². The van der Waals surface area contributed by atoms with E-state index in [1.807, 2.05) is 6.20 Å². The van der Waals surface area contributed by atoms with Gasteiger partial charge in [-0.2, -0.15) is 0 Å². The Morgan fingerprint density at radius 1 is 1.18 bits per heavy atom. The second-order valence-corrected chi connectivity index (χ2v) is 4.58. The third-order valence-electron chi connectivity index (χ3n) is 3.47. The molecule has 1 aliphatic heterocycles. The molecule has 0 atom stereocenters. The second kappa shape index (κ2) is 4.34. The normalized spacial score (nSPS) is 15.7. The quantitative estimate of drug-likeness (QED) is 0.856. The fraction of sp³-hybridized carbons (Fsp3) is 0.357. The van der Waals surface area contributed by atoms with E-state index >= 15 is 0 Å². The van der Waals surface area contributed by atoms with Crippen molar-refractivity contribution in [3.05, 3.63) is 36.0 Å². The zero-order valence-electron chi connectivity index (χ0n) is 9.89. The molecule has 3 rings (SSSR count). The van der Waals surface area contributed by atoms with Crippen molar-refractivity contribution in [2.45, 2.75) is 19.4 Å². The number of fused-ring (bicyclic) bond motifs is 1. The Kier molecular flexibility index (Phi) is 2.69. The van der Waals surface area contributed by atoms with Gasteiger partial charge < -0.3 is 10.6 Å². The van der Waals surface area contributed by atoms with E-state index in [-0.39, 0.29) is 0 Å². The lowest BCUT2D eigenvalue weighted by Crippen LogP contribution is -2.17. The van der Waals surface area contributed by atoms with Gasteiger partial charge in [0.1, 0.15) is 0 Å². The molecule has 1 aromatic carbocycles. The third-order valence-corrected chi connectivity index (χ3v) is 3.47. The number of hydrogen-bond donors (Lipinski definition) is 1. The first-order valence-corrected chi connectivity index (χ1v) is 6.21. The number of nitrogens with zero attached hydrogens (tertiary/aromatic N) is 2. The molecule has 1 aromatic heterocycles. The maximum Gasteiger partial charge on any atom is 0.0726 e. The van der Waals surface area contributed by atoms with Crippen LogP contribution in [0.4, 0.5) is 5.69 Å². The fourth-order valence-electron chi connectivity index (χ4n) is 2.54. The molecule has 1 saturated heterocycles. The van der Waals surface area contributed by atoms with E-state index in [9.17, 15) is 0 Å². The van der Waals surface area contributed by atoms with Gasteiger partial charge in [-0.25, -0.2) is 0 Å². The van der Waals surface area contributed by atoms with Gasteiger partial charge in [-0.3, -0.25) is 4.98 Å². The number of pyridine rings is 1. The summed E-state index contributed by atoms with van der Waals surface area (Å²) in [7, 11) is 0. The van der Waals surface area contributed by atoms with Gasteiger partial charge in [0.2, 0.25) is 0 Å². The topological polar surface area (TPSA) is 42.1 Å². The monoisotopic (exact) mass is 227 g/mol. The molecule has 0 aliphatic carbocycles. The third kappa shape index (κ3) is 1.87. The minimum Gasteiger partial charge on any atom is -0.371 e. The van der Waals surface area contributed by atoms with Crippen LogP contribution in [0, 0.1) is 0 Å². The predicted octanol–water partition coefficient (Wildman–Crippen LogP) is 2.29. The highest BCUT2D eigenvalue weighted by Gasteiger charge is 2.14. The van der Waals surface area contributed by atoms with Crippen LogP contribution in [0.3, 0.4) is 0 Å². The lowest BCUT2D eigenvalue weighted by atomic mass is 10.1. The van der Waals surface area contributed by atoms with Crippen molar-refractivity contribution < 1.29 is 0 Å². The molecule has 0 spiro atoms. The van der Waals surface area contributed by atoms with Gasteiger partial charge in [-0.15, -0.1) is 0 Å². The molecule has 3 heteroatoms. The molecule has 1 aliphatic rings. The van der Waals surface area contributed by atoms with Crippen molar-refractivity contribution >= 4 is 16.6 Å². The molecular weight excluding hydrogens is 210 g/mol. The van der Waals surface area contributed by atoms with Crippen molar-refractivity contribution in [2.75, 3.05) is 18.0 Å². The fourth-order valence-corrected chi connectivity index (χ4v) is 2.54. The minimum absolute atomic E-state index is 0.575. The summed E-state index contributed by atoms with van der Waals surface area (Å²) >= 11 is 0. The van der Waals surface area contributed by atoms with Crippen LogP contribution >= 0.6 is 0 Å². The molecule has 88 valence electrons. The van der Waals surface area contributed by atoms with E-state index in [4.69, 9.17) is 5.73 Å². The Labute approximate surface area is 101 Å². The largest absolute Gasteiger partial charge is 0.371 e. The first-order chi connectivity index (χ1) is 8.38. The molecule has 0 saturated carbocycles. The number of anilines is 1. The summed E-state index contributed by atoms with van der Waals surface area (Å²) in [5.74, 6) is 0. The molecule has 2 aromatic rings. The first-order valence-electron chi connectivity index (χ1n) is 6.21. The first kappa shape index (κ1) is 10.5. The summed E-state index contributed by atoms with van der Waals surface area (Å²) in [5, 5.41) is 1.24. The van der Waals surface area contributed by atoms with E-state index < -0.39 is 0 Å². The van der Waals surface area contributed by atoms with E-state index in [1.165, 1.54) is 23.9 Å². The van der Waals surface area contributed by atoms with Crippen molar-refractivity contribution in [3.63, 3.8) is 0 Å². The smallest absolute Gasteiger partial charge is 0.0726 e. The summed E-state index contributed by atoms with van der Waals surface area (Å²) in [4.78, 5) is 6.89. The van der Waals surface area contributed by atoms with Crippen LogP contribution in [0.25, 0.3) is 10.9 Å². The molecule has 0 unspecified atom stereocenters. The van der Waals surface area contributed by atoms with Gasteiger partial charge in [0.15, 0.2) is 0 Å². The van der Waals surface area contributed by atoms with E-state index in [0.29, 0.717) is 6.54 Å². The number of nitrogens with two attached hydrogens (primary N) is 1. The van der Waals surface area contributed by atoms with Crippen molar-refractivity contribution in [2.24, 2.45) is 5.73 Å². The predicted molar refractivity (Wildman–Crippen MR) is 71.1 cm³/mol. The summed E-state index contributed by atoms with van der Waals surface area (Å²) in [6.07, 6.45) is 4.49. The molecule has 0 amide bonds. The maximum atomic E-state index is 5.66. The highest BCUT2D eigenvalue weighted by Crippen LogP contribution is 2.28. The number of rotatable bonds is 2. The average Bonchev–Trinajstić information content (AvgIpc) is 2.91. The molecule has 2 N–H and O–H groups in total. The maximum absolute atomic E-state index is 5.66. The van der Waals surface area contributed by atoms with Crippen molar-refractivity contribution in [3.8, 4) is 0 Å². The molecule has 1 fully saturated rings. The van der Waals surface area contributed by atoms with Crippen molar-refractivity contribution in [1.29, 1.82) is 0 Å². The molecule has 0 bridgehead atoms. The summed E-state index contributed by atoms with van der Waals surface area (Å²) in [6, 6.07) is 8.46. The van der Waals surface area contributed by atoms with Crippen LogP contribution in [0.5, 0.6) is 0 Å². The Morgan fingerprint density at radius 2 is 2.00 bits per heavy atom. The average molecular weight is 227 g/mol. The molecule has 17 heavy (non-hydrogen) atoms. The minimum atomic E-state index is 0.575. The lowest BCUT2D eigenvalue weighted by Gasteiger charge is -2.19. The molecule has 2 heterocycles. The molecule has 3 nitrogen and oxygen atoms in total. The van der Waals surface area contributed by atoms with Crippen LogP contribution in [-0.4, -0.2) is 18.1 Å². The van der Waals surface area contributed by atoms with Crippen molar-refractivity contribution in [1.82, 2.24) is 4.98 Å². The lowest BCUT2D eigenvalue weighted by molar-refractivity contribution is 0.949. The van der Waals surface area contributed by atoms with Gasteiger partial charge in [-0.1, -0.05) is 12.1 Å². The van der Waals surface area contributed by atoms with E-state index in [1.54, 1.807) is 0 Å². The zero-order chi connectivity index (χ0) is 11.7. The summed E-state index contributed by atoms with van der Waals surface area (Å²) in [6.45, 7) is 2.90. The van der Waals surface area contributed by atoms with Crippen LogP contribution < -0.4 is 10.6 Å². The standard InChI is InChI=1S/C14H17N3/c15-10-11-3-4-12-13(9-11)16-6-5-14(12)17-7-1-2-8-17/h3-6,9H,1-2,7-8,10,15H2. The molecular formula is C14H17N3. The number of benzene rings is 1. The van der Waals surface area contributed by atoms with E-state index in [2.05, 4.69) is 34.1 Å². The van der Waals surface area contributed by atoms with Gasteiger partial charge in [0.05, 0.1) is 5.52 Å². The van der Waals surface area contributed by atoms with Crippen LogP contribution in [0.1, 0.15) is 18.4 Å². The highest BCUT2D eigenvalue weighted by atomic mass is 15.1. The number of hydrogen-bond acceptors (Lipinski definition) is 3. The Morgan fingerprint density at radius 3 is 2.76 bits per heavy atom. The van der Waals surface area contributed by atoms with Gasteiger partial charge in [-0.05, 0) is 30.5 Å². The Hall–Kier alpha value is -1.61. The Bertz CT molecular complexity index is 530. The van der Waals surface area contributed by atoms with Crippen LogP contribution in [0.2, 0.25) is 0 Å². The van der Waals surface area contributed by atoms with Gasteiger partial charge in [0.25, 0.3) is 0 Å².